The van der Waals surface area contributed by atoms with Crippen LogP contribution in [0.4, 0.5) is 0 Å². The number of allylic oxidation sites excluding steroid dienone is 4. The molecule has 13 heteroatoms. The number of aliphatic hydroxyl groups excluding tert-OH is 3. The summed E-state index contributed by atoms with van der Waals surface area (Å²) in [5.41, 5.74) is 0. The predicted octanol–water partition coefficient (Wildman–Crippen LogP) is 13.1. The van der Waals surface area contributed by atoms with Crippen LogP contribution >= 0.6 is 0 Å². The van der Waals surface area contributed by atoms with Gasteiger partial charge in [0.25, 0.3) is 10.1 Å². The average Bonchev–Trinajstić information content (AvgIpc) is 3.31. The zero-order valence-electron chi connectivity index (χ0n) is 43.2. The average molecular weight is 987 g/mol. The second kappa shape index (κ2) is 45.0. The van der Waals surface area contributed by atoms with Crippen molar-refractivity contribution < 1.29 is 56.8 Å². The summed E-state index contributed by atoms with van der Waals surface area (Å²) < 4.78 is 54.3. The fourth-order valence-corrected chi connectivity index (χ4v) is 9.37. The summed E-state index contributed by atoms with van der Waals surface area (Å²) in [6.07, 6.45) is 43.7. The number of aliphatic hydroxyl groups is 3. The minimum atomic E-state index is -4.61. The van der Waals surface area contributed by atoms with Crippen molar-refractivity contribution in [3.63, 3.8) is 0 Å². The lowest BCUT2D eigenvalue weighted by atomic mass is 10.00. The van der Waals surface area contributed by atoms with Crippen molar-refractivity contribution in [3.8, 4) is 0 Å². The van der Waals surface area contributed by atoms with Gasteiger partial charge in [0.2, 0.25) is 0 Å². The van der Waals surface area contributed by atoms with E-state index >= 15 is 0 Å². The Morgan fingerprint density at radius 2 is 0.853 bits per heavy atom. The Hall–Kier alpha value is -1.87. The van der Waals surface area contributed by atoms with Gasteiger partial charge in [-0.15, -0.1) is 0 Å². The predicted molar refractivity (Wildman–Crippen MR) is 275 cm³/mol. The van der Waals surface area contributed by atoms with Gasteiger partial charge in [0.05, 0.1) is 6.61 Å². The number of rotatable bonds is 48. The molecular weight excluding hydrogens is 885 g/mol. The number of carbonyl (C=O) groups excluding carboxylic acids is 2. The molecule has 0 radical (unpaired) electrons. The normalized spacial score (nSPS) is 19.3. The lowest BCUT2D eigenvalue weighted by Crippen LogP contribution is -2.60. The van der Waals surface area contributed by atoms with Gasteiger partial charge in [0.15, 0.2) is 12.4 Å². The SMILES string of the molecule is CCCCCCCC/C=C/CCCCCCCCCC(=O)OC[C@H](CO[C@H]1O[C@H](CS(=O)(=O)O)[C@@H](O)C(O)C1O)OC(=O)CCC/C=C/CCCCCCCCCCCCCCCCCCCC. The summed E-state index contributed by atoms with van der Waals surface area (Å²) in [6, 6.07) is 0. The van der Waals surface area contributed by atoms with Crippen molar-refractivity contribution >= 4 is 22.1 Å². The lowest BCUT2D eigenvalue weighted by Gasteiger charge is -2.40. The van der Waals surface area contributed by atoms with Crippen molar-refractivity contribution in [2.75, 3.05) is 19.0 Å². The maximum absolute atomic E-state index is 12.9. The van der Waals surface area contributed by atoms with Gasteiger partial charge >= 0.3 is 11.9 Å². The second-order valence-corrected chi connectivity index (χ2v) is 21.1. The van der Waals surface area contributed by atoms with E-state index in [1.165, 1.54) is 173 Å². The first kappa shape index (κ1) is 64.1. The molecule has 1 fully saturated rings. The standard InChI is InChI=1S/C55H102O12S/c1-3-5-7-9-11-13-15-17-19-21-22-23-24-25-26-28-30-32-34-36-38-40-42-44-51(57)66-48(46-65-55-54(60)53(59)52(58)49(67-55)47-68(61,62)63)45-64-50(56)43-41-39-37-35-33-31-29-27-20-18-16-14-12-10-8-6-4-2/h18,20,36,38,48-49,52-55,58-60H,3-17,19,21-35,37,39-47H2,1-2H3,(H,61,62,63)/b20-18+,38-36+/t48-,49-,52-,53?,54?,55+/m1/s1. The van der Waals surface area contributed by atoms with E-state index in [4.69, 9.17) is 18.9 Å². The van der Waals surface area contributed by atoms with Crippen LogP contribution < -0.4 is 0 Å². The molecule has 0 bridgehead atoms. The van der Waals surface area contributed by atoms with Crippen LogP contribution in [0.15, 0.2) is 24.3 Å². The maximum atomic E-state index is 12.9. The molecule has 1 rings (SSSR count). The molecule has 1 aliphatic rings. The van der Waals surface area contributed by atoms with Crippen LogP contribution in [-0.4, -0.2) is 96.0 Å². The maximum Gasteiger partial charge on any atom is 0.306 e. The van der Waals surface area contributed by atoms with Gasteiger partial charge in [-0.2, -0.15) is 8.42 Å². The van der Waals surface area contributed by atoms with Crippen LogP contribution in [0.5, 0.6) is 0 Å². The quantitative estimate of drug-likeness (QED) is 0.0196. The molecular formula is C55H102O12S. The van der Waals surface area contributed by atoms with Gasteiger partial charge in [-0.1, -0.05) is 212 Å². The molecule has 400 valence electrons. The van der Waals surface area contributed by atoms with Gasteiger partial charge in [-0.25, -0.2) is 0 Å². The Kier molecular flexibility index (Phi) is 42.5. The molecule has 0 aromatic rings. The van der Waals surface area contributed by atoms with Crippen molar-refractivity contribution in [2.45, 2.75) is 295 Å². The van der Waals surface area contributed by atoms with Gasteiger partial charge in [0, 0.05) is 12.8 Å². The van der Waals surface area contributed by atoms with E-state index in [0.717, 1.165) is 38.5 Å². The Morgan fingerprint density at radius 1 is 0.485 bits per heavy atom. The molecule has 1 aliphatic heterocycles. The molecule has 0 aliphatic carbocycles. The van der Waals surface area contributed by atoms with Crippen LogP contribution in [0.3, 0.4) is 0 Å². The summed E-state index contributed by atoms with van der Waals surface area (Å²) >= 11 is 0. The molecule has 0 aromatic heterocycles. The number of carbonyl (C=O) groups is 2. The Labute approximate surface area is 415 Å². The molecule has 1 heterocycles. The van der Waals surface area contributed by atoms with Crippen LogP contribution in [0, 0.1) is 0 Å². The number of unbranched alkanes of at least 4 members (excludes halogenated alkanes) is 32. The molecule has 0 spiro atoms. The zero-order chi connectivity index (χ0) is 49.8. The Morgan fingerprint density at radius 3 is 1.26 bits per heavy atom. The van der Waals surface area contributed by atoms with E-state index in [1.54, 1.807) is 0 Å². The van der Waals surface area contributed by atoms with Crippen LogP contribution in [0.25, 0.3) is 0 Å². The Balaban J connectivity index is 2.34. The molecule has 1 saturated heterocycles. The van der Waals surface area contributed by atoms with E-state index in [2.05, 4.69) is 38.2 Å². The summed E-state index contributed by atoms with van der Waals surface area (Å²) in [4.78, 5) is 25.6. The minimum absolute atomic E-state index is 0.119. The number of ether oxygens (including phenoxy) is 4. The first-order chi connectivity index (χ1) is 33.0. The van der Waals surface area contributed by atoms with Crippen LogP contribution in [-0.2, 0) is 38.7 Å². The van der Waals surface area contributed by atoms with E-state index < -0.39 is 71.2 Å². The Bertz CT molecular complexity index is 1340. The highest BCUT2D eigenvalue weighted by atomic mass is 32.2. The minimum Gasteiger partial charge on any atom is -0.462 e. The van der Waals surface area contributed by atoms with E-state index in [-0.39, 0.29) is 19.4 Å². The van der Waals surface area contributed by atoms with E-state index in [1.807, 2.05) is 0 Å². The number of hydrogen-bond donors (Lipinski definition) is 4. The molecule has 6 atom stereocenters. The van der Waals surface area contributed by atoms with Crippen molar-refractivity contribution in [1.29, 1.82) is 0 Å². The van der Waals surface area contributed by atoms with E-state index in [0.29, 0.717) is 19.3 Å². The number of hydrogen-bond acceptors (Lipinski definition) is 11. The van der Waals surface area contributed by atoms with Crippen LogP contribution in [0.2, 0.25) is 0 Å². The molecule has 0 saturated carbocycles. The van der Waals surface area contributed by atoms with Gasteiger partial charge < -0.3 is 34.3 Å². The van der Waals surface area contributed by atoms with Crippen molar-refractivity contribution in [1.82, 2.24) is 0 Å². The first-order valence-corrected chi connectivity index (χ1v) is 29.5. The van der Waals surface area contributed by atoms with Gasteiger partial charge in [-0.3, -0.25) is 14.1 Å². The smallest absolute Gasteiger partial charge is 0.306 e. The third kappa shape index (κ3) is 38.8. The lowest BCUT2D eigenvalue weighted by molar-refractivity contribution is -0.297. The summed E-state index contributed by atoms with van der Waals surface area (Å²) in [5.74, 6) is -2.02. The number of esters is 2. The fourth-order valence-electron chi connectivity index (χ4n) is 8.68. The summed E-state index contributed by atoms with van der Waals surface area (Å²) in [7, 11) is -4.61. The third-order valence-corrected chi connectivity index (χ3v) is 13.8. The first-order valence-electron chi connectivity index (χ1n) is 27.9. The van der Waals surface area contributed by atoms with Crippen LogP contribution in [0.1, 0.15) is 258 Å². The highest BCUT2D eigenvalue weighted by Crippen LogP contribution is 2.24. The van der Waals surface area contributed by atoms with Crippen molar-refractivity contribution in [3.05, 3.63) is 24.3 Å². The monoisotopic (exact) mass is 987 g/mol. The molecule has 4 N–H and O–H groups in total. The largest absolute Gasteiger partial charge is 0.462 e. The fraction of sp³-hybridized carbons (Fsp3) is 0.891. The third-order valence-electron chi connectivity index (χ3n) is 13.0. The summed E-state index contributed by atoms with van der Waals surface area (Å²) in [5, 5.41) is 31.0. The molecule has 2 unspecified atom stereocenters. The van der Waals surface area contributed by atoms with Crippen molar-refractivity contribution in [2.24, 2.45) is 0 Å². The molecule has 0 aromatic carbocycles. The molecule has 0 amide bonds. The highest BCUT2D eigenvalue weighted by Gasteiger charge is 2.46. The highest BCUT2D eigenvalue weighted by molar-refractivity contribution is 7.85. The van der Waals surface area contributed by atoms with Gasteiger partial charge in [0.1, 0.15) is 36.8 Å². The van der Waals surface area contributed by atoms with E-state index in [9.17, 15) is 37.9 Å². The second-order valence-electron chi connectivity index (χ2n) is 19.6. The zero-order valence-corrected chi connectivity index (χ0v) is 44.0. The molecule has 68 heavy (non-hydrogen) atoms. The topological polar surface area (TPSA) is 186 Å². The summed E-state index contributed by atoms with van der Waals surface area (Å²) in [6.45, 7) is 3.78. The van der Waals surface area contributed by atoms with Gasteiger partial charge in [-0.05, 0) is 57.8 Å². The molecule has 12 nitrogen and oxygen atoms in total.